The summed E-state index contributed by atoms with van der Waals surface area (Å²) in [6.07, 6.45) is 0. The van der Waals surface area contributed by atoms with Crippen LogP contribution in [0, 0.1) is 6.92 Å². The molecule has 1 aromatic heterocycles. The zero-order valence-corrected chi connectivity index (χ0v) is 11.6. The van der Waals surface area contributed by atoms with E-state index in [9.17, 15) is 8.42 Å². The van der Waals surface area contributed by atoms with Crippen LogP contribution in [0.3, 0.4) is 0 Å². The highest BCUT2D eigenvalue weighted by molar-refractivity contribution is 7.89. The number of halogens is 1. The molecule has 0 atom stereocenters. The van der Waals surface area contributed by atoms with Gasteiger partial charge in [0.05, 0.1) is 12.3 Å². The monoisotopic (exact) mass is 281 g/mol. The van der Waals surface area contributed by atoms with Crippen LogP contribution in [0.25, 0.3) is 0 Å². The van der Waals surface area contributed by atoms with E-state index >= 15 is 0 Å². The molecule has 0 unspecified atom stereocenters. The topological polar surface area (TPSA) is 73.2 Å². The smallest absolute Gasteiger partial charge is 0.245 e. The Balaban J connectivity index is 2.83. The first-order valence-electron chi connectivity index (χ1n) is 5.16. The lowest BCUT2D eigenvalue weighted by molar-refractivity contribution is 0.153. The highest BCUT2D eigenvalue weighted by Crippen LogP contribution is 2.23. The van der Waals surface area contributed by atoms with Crippen LogP contribution in [-0.4, -0.2) is 38.0 Å². The van der Waals surface area contributed by atoms with Crippen molar-refractivity contribution in [2.45, 2.75) is 18.7 Å². The summed E-state index contributed by atoms with van der Waals surface area (Å²) >= 11 is 5.89. The van der Waals surface area contributed by atoms with Crippen molar-refractivity contribution in [2.75, 3.05) is 19.8 Å². The van der Waals surface area contributed by atoms with E-state index in [4.69, 9.17) is 16.3 Å². The molecule has 0 aliphatic rings. The molecule has 0 saturated heterocycles. The number of nitrogens with one attached hydrogen (secondary N) is 1. The second-order valence-electron chi connectivity index (χ2n) is 3.42. The average molecular weight is 282 g/mol. The molecule has 0 fully saturated rings. The Labute approximate surface area is 106 Å². The first-order chi connectivity index (χ1) is 7.90. The molecule has 0 bridgehead atoms. The molecule has 0 radical (unpaired) electrons. The molecule has 1 heterocycles. The van der Waals surface area contributed by atoms with Crippen LogP contribution in [0.1, 0.15) is 12.6 Å². The zero-order chi connectivity index (χ0) is 13.1. The Bertz CT molecular complexity index is 484. The molecule has 0 aliphatic carbocycles. The maximum absolute atomic E-state index is 11.9. The molecule has 17 heavy (non-hydrogen) atoms. The molecule has 0 aliphatic heterocycles. The van der Waals surface area contributed by atoms with Crippen LogP contribution < -0.4 is 4.72 Å². The minimum atomic E-state index is -3.63. The van der Waals surface area contributed by atoms with E-state index in [1.165, 1.54) is 4.68 Å². The normalized spacial score (nSPS) is 12.0. The lowest BCUT2D eigenvalue weighted by Crippen LogP contribution is -2.28. The van der Waals surface area contributed by atoms with E-state index in [0.717, 1.165) is 0 Å². The van der Waals surface area contributed by atoms with Crippen molar-refractivity contribution in [3.8, 4) is 0 Å². The second kappa shape index (κ2) is 5.81. The summed E-state index contributed by atoms with van der Waals surface area (Å²) in [7, 11) is -2.03. The second-order valence-corrected chi connectivity index (χ2v) is 5.49. The first-order valence-corrected chi connectivity index (χ1v) is 7.02. The molecule has 0 aromatic carbocycles. The van der Waals surface area contributed by atoms with Gasteiger partial charge in [-0.05, 0) is 13.8 Å². The van der Waals surface area contributed by atoms with Crippen LogP contribution in [0.4, 0.5) is 0 Å². The maximum atomic E-state index is 11.9. The van der Waals surface area contributed by atoms with Gasteiger partial charge in [-0.1, -0.05) is 11.6 Å². The summed E-state index contributed by atoms with van der Waals surface area (Å²) in [5.74, 6) is 0. The van der Waals surface area contributed by atoms with Gasteiger partial charge in [-0.15, -0.1) is 0 Å². The molecule has 0 spiro atoms. The van der Waals surface area contributed by atoms with E-state index in [0.29, 0.717) is 18.9 Å². The third-order valence-electron chi connectivity index (χ3n) is 2.11. The lowest BCUT2D eigenvalue weighted by atomic mass is 10.5. The molecule has 1 N–H and O–H groups in total. The van der Waals surface area contributed by atoms with Crippen LogP contribution >= 0.6 is 11.6 Å². The van der Waals surface area contributed by atoms with Gasteiger partial charge in [0.25, 0.3) is 0 Å². The summed E-state index contributed by atoms with van der Waals surface area (Å²) in [6.45, 7) is 4.53. The van der Waals surface area contributed by atoms with Gasteiger partial charge in [-0.25, -0.2) is 13.1 Å². The molecule has 6 nitrogen and oxygen atoms in total. The van der Waals surface area contributed by atoms with Gasteiger partial charge in [0, 0.05) is 20.2 Å². The predicted octanol–water partition coefficient (Wildman–Crippen LogP) is 0.697. The quantitative estimate of drug-likeness (QED) is 0.779. The van der Waals surface area contributed by atoms with Gasteiger partial charge in [0.15, 0.2) is 0 Å². The number of aromatic nitrogens is 2. The number of sulfonamides is 1. The summed E-state index contributed by atoms with van der Waals surface area (Å²) < 4.78 is 32.7. The van der Waals surface area contributed by atoms with E-state index in [1.807, 2.05) is 6.92 Å². The van der Waals surface area contributed by atoms with Crippen molar-refractivity contribution in [1.29, 1.82) is 0 Å². The van der Waals surface area contributed by atoms with Crippen molar-refractivity contribution in [3.63, 3.8) is 0 Å². The molecular formula is C9H16ClN3O3S. The molecule has 0 saturated carbocycles. The van der Waals surface area contributed by atoms with Gasteiger partial charge in [0.2, 0.25) is 10.0 Å². The first kappa shape index (κ1) is 14.4. The predicted molar refractivity (Wildman–Crippen MR) is 64.6 cm³/mol. The summed E-state index contributed by atoms with van der Waals surface area (Å²) in [4.78, 5) is 0.0261. The number of nitrogens with zero attached hydrogens (tertiary/aromatic N) is 2. The number of rotatable bonds is 6. The summed E-state index contributed by atoms with van der Waals surface area (Å²) in [5.41, 5.74) is 0.376. The Hall–Kier alpha value is -0.630. The van der Waals surface area contributed by atoms with E-state index < -0.39 is 10.0 Å². The Morgan fingerprint density at radius 2 is 2.18 bits per heavy atom. The van der Waals surface area contributed by atoms with Crippen LogP contribution in [0.5, 0.6) is 0 Å². The average Bonchev–Trinajstić information content (AvgIpc) is 2.48. The minimum Gasteiger partial charge on any atom is -0.380 e. The maximum Gasteiger partial charge on any atom is 0.245 e. The van der Waals surface area contributed by atoms with Crippen molar-refractivity contribution in [3.05, 3.63) is 10.8 Å². The standard InChI is InChI=1S/C9H16ClN3O3S/c1-4-16-6-5-11-17(14,15)8-7(2)12-13(3)9(8)10/h11H,4-6H2,1-3H3. The van der Waals surface area contributed by atoms with Crippen molar-refractivity contribution in [1.82, 2.24) is 14.5 Å². The SMILES string of the molecule is CCOCCNS(=O)(=O)c1c(C)nn(C)c1Cl. The van der Waals surface area contributed by atoms with Crippen molar-refractivity contribution < 1.29 is 13.2 Å². The van der Waals surface area contributed by atoms with Gasteiger partial charge in [-0.3, -0.25) is 4.68 Å². The minimum absolute atomic E-state index is 0.0261. The summed E-state index contributed by atoms with van der Waals surface area (Å²) in [5, 5.41) is 4.06. The Morgan fingerprint density at radius 3 is 2.65 bits per heavy atom. The molecule has 1 aromatic rings. The third-order valence-corrected chi connectivity index (χ3v) is 4.27. The number of hydrogen-bond donors (Lipinski definition) is 1. The van der Waals surface area contributed by atoms with E-state index in [-0.39, 0.29) is 16.6 Å². The van der Waals surface area contributed by atoms with Gasteiger partial charge in [-0.2, -0.15) is 5.10 Å². The highest BCUT2D eigenvalue weighted by Gasteiger charge is 2.24. The van der Waals surface area contributed by atoms with Gasteiger partial charge < -0.3 is 4.74 Å². The van der Waals surface area contributed by atoms with Crippen LogP contribution in [-0.2, 0) is 21.8 Å². The number of ether oxygens (including phenoxy) is 1. The fraction of sp³-hybridized carbons (Fsp3) is 0.667. The van der Waals surface area contributed by atoms with E-state index in [1.54, 1.807) is 14.0 Å². The molecule has 0 amide bonds. The fourth-order valence-corrected chi connectivity index (χ4v) is 3.14. The largest absolute Gasteiger partial charge is 0.380 e. The Morgan fingerprint density at radius 1 is 1.53 bits per heavy atom. The molecule has 1 rings (SSSR count). The fourth-order valence-electron chi connectivity index (χ4n) is 1.38. The summed E-state index contributed by atoms with van der Waals surface area (Å²) in [6, 6.07) is 0. The van der Waals surface area contributed by atoms with Gasteiger partial charge >= 0.3 is 0 Å². The number of hydrogen-bond acceptors (Lipinski definition) is 4. The van der Waals surface area contributed by atoms with Crippen LogP contribution in [0.2, 0.25) is 5.15 Å². The van der Waals surface area contributed by atoms with Crippen molar-refractivity contribution in [2.24, 2.45) is 7.05 Å². The molecular weight excluding hydrogens is 266 g/mol. The lowest BCUT2D eigenvalue weighted by Gasteiger charge is -2.06. The highest BCUT2D eigenvalue weighted by atomic mass is 35.5. The molecule has 8 heteroatoms. The number of aryl methyl sites for hydroxylation is 2. The third kappa shape index (κ3) is 3.41. The van der Waals surface area contributed by atoms with Crippen molar-refractivity contribution >= 4 is 21.6 Å². The zero-order valence-electron chi connectivity index (χ0n) is 10.0. The molecule has 98 valence electrons. The van der Waals surface area contributed by atoms with E-state index in [2.05, 4.69) is 9.82 Å². The van der Waals surface area contributed by atoms with Gasteiger partial charge in [0.1, 0.15) is 10.0 Å². The van der Waals surface area contributed by atoms with Crippen LogP contribution in [0.15, 0.2) is 4.90 Å². The Kier molecular flexibility index (Phi) is 4.93.